The van der Waals surface area contributed by atoms with E-state index in [4.69, 9.17) is 0 Å². The highest BCUT2D eigenvalue weighted by molar-refractivity contribution is 7.99. The van der Waals surface area contributed by atoms with Gasteiger partial charge in [-0.05, 0) is 47.5 Å². The molecule has 2 aliphatic rings. The topological polar surface area (TPSA) is 142 Å². The van der Waals surface area contributed by atoms with Crippen molar-refractivity contribution in [3.05, 3.63) is 24.3 Å². The Bertz CT molecular complexity index is 940. The average Bonchev–Trinajstić information content (AvgIpc) is 3.27. The third-order valence-electron chi connectivity index (χ3n) is 4.97. The second kappa shape index (κ2) is 7.70. The molecule has 0 radical (unpaired) electrons. The van der Waals surface area contributed by atoms with Crippen molar-refractivity contribution in [1.82, 2.24) is 36.0 Å². The molecule has 1 saturated heterocycles. The number of benzene rings is 1. The Hall–Kier alpha value is -3.15. The number of thioether (sulfide) groups is 1. The van der Waals surface area contributed by atoms with E-state index in [1.54, 1.807) is 12.1 Å². The number of phenols is 1. The summed E-state index contributed by atoms with van der Waals surface area (Å²) in [4.78, 5) is 37.2. The van der Waals surface area contributed by atoms with Crippen LogP contribution in [0.3, 0.4) is 0 Å². The van der Waals surface area contributed by atoms with E-state index in [1.807, 2.05) is 0 Å². The number of hydrogen-bond donors (Lipinski definition) is 3. The molecule has 3 N–H and O–H groups in total. The predicted molar refractivity (Wildman–Crippen MR) is 101 cm³/mol. The maximum Gasteiger partial charge on any atom is 0.344 e. The first-order chi connectivity index (χ1) is 14.0. The van der Waals surface area contributed by atoms with Crippen LogP contribution < -0.4 is 10.7 Å². The number of aromatic hydroxyl groups is 1. The number of carbonyl (C=O) groups excluding carboxylic acids is 3. The number of rotatable bonds is 5. The molecular weight excluding hydrogens is 398 g/mol. The Morgan fingerprint density at radius 1 is 1.21 bits per heavy atom. The molecule has 1 aromatic heterocycles. The third-order valence-corrected chi connectivity index (χ3v) is 5.89. The molecule has 1 aliphatic carbocycles. The summed E-state index contributed by atoms with van der Waals surface area (Å²) >= 11 is 1.06. The Kier molecular flexibility index (Phi) is 5.09. The zero-order chi connectivity index (χ0) is 20.4. The Morgan fingerprint density at radius 3 is 2.66 bits per heavy atom. The van der Waals surface area contributed by atoms with Gasteiger partial charge in [0.1, 0.15) is 11.3 Å². The summed E-state index contributed by atoms with van der Waals surface area (Å²) in [5.74, 6) is -0.913. The van der Waals surface area contributed by atoms with Crippen LogP contribution >= 0.6 is 11.8 Å². The standard InChI is InChI=1S/C17H19N7O4S/c25-12-6-4-11(5-7-12)23-16(19-21-22-23)29-10-13(26)20-24-14(27)17(18-15(24)28)8-2-1-3-9-17/h4-7,25H,1-3,8-10H2,(H,18,28)(H,20,26). The Morgan fingerprint density at radius 2 is 1.93 bits per heavy atom. The van der Waals surface area contributed by atoms with Crippen LogP contribution in [0, 0.1) is 0 Å². The van der Waals surface area contributed by atoms with Crippen LogP contribution in [-0.4, -0.2) is 59.5 Å². The highest BCUT2D eigenvalue weighted by atomic mass is 32.2. The number of carbonyl (C=O) groups is 3. The van der Waals surface area contributed by atoms with E-state index in [9.17, 15) is 19.5 Å². The molecule has 4 amide bonds. The lowest BCUT2D eigenvalue weighted by atomic mass is 9.82. The van der Waals surface area contributed by atoms with Crippen molar-refractivity contribution in [2.75, 3.05) is 5.75 Å². The summed E-state index contributed by atoms with van der Waals surface area (Å²) < 4.78 is 1.42. The van der Waals surface area contributed by atoms with Crippen molar-refractivity contribution in [2.45, 2.75) is 42.8 Å². The molecule has 0 unspecified atom stereocenters. The van der Waals surface area contributed by atoms with E-state index < -0.39 is 23.4 Å². The van der Waals surface area contributed by atoms with E-state index in [0.717, 1.165) is 36.0 Å². The van der Waals surface area contributed by atoms with Crippen molar-refractivity contribution >= 4 is 29.6 Å². The van der Waals surface area contributed by atoms with Gasteiger partial charge in [0, 0.05) is 0 Å². The minimum atomic E-state index is -0.890. The lowest BCUT2D eigenvalue weighted by Gasteiger charge is -2.30. The van der Waals surface area contributed by atoms with E-state index in [0.29, 0.717) is 23.7 Å². The van der Waals surface area contributed by atoms with Crippen LogP contribution in [0.2, 0.25) is 0 Å². The first kappa shape index (κ1) is 19.2. The SMILES string of the molecule is O=C(CSc1nnnn1-c1ccc(O)cc1)NN1C(=O)NC2(CCCCC2)C1=O. The normalized spacial score (nSPS) is 18.1. The summed E-state index contributed by atoms with van der Waals surface area (Å²) in [5.41, 5.74) is 2.10. The zero-order valence-electron chi connectivity index (χ0n) is 15.4. The van der Waals surface area contributed by atoms with Crippen molar-refractivity contribution in [3.63, 3.8) is 0 Å². The van der Waals surface area contributed by atoms with E-state index in [-0.39, 0.29) is 11.5 Å². The van der Waals surface area contributed by atoms with Crippen molar-refractivity contribution in [2.24, 2.45) is 0 Å². The Labute approximate surface area is 169 Å². The van der Waals surface area contributed by atoms with Crippen molar-refractivity contribution in [3.8, 4) is 11.4 Å². The number of hydrazine groups is 1. The van der Waals surface area contributed by atoms with Gasteiger partial charge in [-0.2, -0.15) is 9.69 Å². The van der Waals surface area contributed by atoms with Crippen LogP contribution in [0.15, 0.2) is 29.4 Å². The molecule has 1 saturated carbocycles. The van der Waals surface area contributed by atoms with Gasteiger partial charge >= 0.3 is 6.03 Å². The smallest absolute Gasteiger partial charge is 0.344 e. The summed E-state index contributed by atoms with van der Waals surface area (Å²) in [6.07, 6.45) is 3.93. The number of urea groups is 1. The quantitative estimate of drug-likeness (QED) is 0.478. The van der Waals surface area contributed by atoms with E-state index >= 15 is 0 Å². The fourth-order valence-corrected chi connectivity index (χ4v) is 4.21. The first-order valence-corrected chi connectivity index (χ1v) is 10.1. The lowest BCUT2D eigenvalue weighted by molar-refractivity contribution is -0.139. The predicted octanol–water partition coefficient (Wildman–Crippen LogP) is 0.746. The number of tetrazole rings is 1. The molecule has 2 fully saturated rings. The molecule has 11 nitrogen and oxygen atoms in total. The fraction of sp³-hybridized carbons (Fsp3) is 0.412. The fourth-order valence-electron chi connectivity index (χ4n) is 3.53. The molecule has 0 bridgehead atoms. The van der Waals surface area contributed by atoms with Crippen molar-refractivity contribution < 1.29 is 19.5 Å². The largest absolute Gasteiger partial charge is 0.508 e. The first-order valence-electron chi connectivity index (χ1n) is 9.15. The van der Waals surface area contributed by atoms with Crippen LogP contribution in [0.1, 0.15) is 32.1 Å². The van der Waals surface area contributed by atoms with Crippen LogP contribution in [0.25, 0.3) is 5.69 Å². The number of amides is 4. The van der Waals surface area contributed by atoms with Gasteiger partial charge in [0.15, 0.2) is 0 Å². The second-order valence-corrected chi connectivity index (χ2v) is 7.87. The second-order valence-electron chi connectivity index (χ2n) is 6.93. The number of aromatic nitrogens is 4. The summed E-state index contributed by atoms with van der Waals surface area (Å²) in [6.45, 7) is 0. The van der Waals surface area contributed by atoms with Gasteiger partial charge < -0.3 is 10.4 Å². The van der Waals surface area contributed by atoms with Crippen LogP contribution in [0.5, 0.6) is 5.75 Å². The van der Waals surface area contributed by atoms with Gasteiger partial charge in [0.2, 0.25) is 11.1 Å². The molecule has 152 valence electrons. The number of imide groups is 1. The maximum atomic E-state index is 12.7. The van der Waals surface area contributed by atoms with Gasteiger partial charge in [-0.3, -0.25) is 15.0 Å². The molecule has 0 atom stereocenters. The van der Waals surface area contributed by atoms with Gasteiger partial charge in [0.25, 0.3) is 5.91 Å². The molecule has 1 spiro atoms. The number of hydrogen-bond acceptors (Lipinski definition) is 8. The third kappa shape index (κ3) is 3.75. The summed E-state index contributed by atoms with van der Waals surface area (Å²) in [6, 6.07) is 5.65. The molecule has 4 rings (SSSR count). The van der Waals surface area contributed by atoms with Crippen LogP contribution in [-0.2, 0) is 9.59 Å². The molecule has 1 aliphatic heterocycles. The van der Waals surface area contributed by atoms with Crippen LogP contribution in [0.4, 0.5) is 4.79 Å². The zero-order valence-corrected chi connectivity index (χ0v) is 16.2. The molecule has 2 aromatic rings. The highest BCUT2D eigenvalue weighted by Crippen LogP contribution is 2.33. The van der Waals surface area contributed by atoms with E-state index in [2.05, 4.69) is 26.3 Å². The van der Waals surface area contributed by atoms with Gasteiger partial charge in [0.05, 0.1) is 11.4 Å². The van der Waals surface area contributed by atoms with E-state index in [1.165, 1.54) is 16.8 Å². The number of nitrogens with one attached hydrogen (secondary N) is 2. The van der Waals surface area contributed by atoms with Gasteiger partial charge in [-0.1, -0.05) is 31.0 Å². The molecule has 1 aromatic carbocycles. The molecule has 2 heterocycles. The molecule has 29 heavy (non-hydrogen) atoms. The Balaban J connectivity index is 1.38. The summed E-state index contributed by atoms with van der Waals surface area (Å²) in [7, 11) is 0. The average molecular weight is 417 g/mol. The minimum Gasteiger partial charge on any atom is -0.508 e. The molecular formula is C17H19N7O4S. The summed E-state index contributed by atoms with van der Waals surface area (Å²) in [5, 5.41) is 24.6. The monoisotopic (exact) mass is 417 g/mol. The number of nitrogens with zero attached hydrogens (tertiary/aromatic N) is 5. The van der Waals surface area contributed by atoms with Gasteiger partial charge in [-0.15, -0.1) is 5.10 Å². The molecule has 12 heteroatoms. The highest BCUT2D eigenvalue weighted by Gasteiger charge is 2.52. The lowest BCUT2D eigenvalue weighted by Crippen LogP contribution is -2.51. The maximum absolute atomic E-state index is 12.7. The van der Waals surface area contributed by atoms with Crippen molar-refractivity contribution in [1.29, 1.82) is 0 Å². The number of phenolic OH excluding ortho intramolecular Hbond substituents is 1. The minimum absolute atomic E-state index is 0.0947. The van der Waals surface area contributed by atoms with Gasteiger partial charge in [-0.25, -0.2) is 4.79 Å².